The lowest BCUT2D eigenvalue weighted by Gasteiger charge is -2.35. The van der Waals surface area contributed by atoms with Crippen LogP contribution in [0.2, 0.25) is 0 Å². The highest BCUT2D eigenvalue weighted by Crippen LogP contribution is 2.31. The topological polar surface area (TPSA) is 117 Å². The van der Waals surface area contributed by atoms with Gasteiger partial charge >= 0.3 is 6.09 Å². The number of amides is 3. The van der Waals surface area contributed by atoms with Crippen molar-refractivity contribution in [3.8, 4) is 11.5 Å². The van der Waals surface area contributed by atoms with Crippen molar-refractivity contribution in [2.24, 2.45) is 0 Å². The molecule has 0 heterocycles. The molecule has 0 aliphatic heterocycles. The Kier molecular flexibility index (Phi) is 13.8. The number of benzene rings is 2. The molecule has 0 saturated carbocycles. The zero-order valence-electron chi connectivity index (χ0n) is 25.1. The molecule has 0 aliphatic rings. The zero-order chi connectivity index (χ0) is 30.4. The smallest absolute Gasteiger partial charge is 0.408 e. The molecule has 2 aromatic rings. The lowest BCUT2D eigenvalue weighted by Crippen LogP contribution is -2.52. The van der Waals surface area contributed by atoms with Crippen molar-refractivity contribution in [1.82, 2.24) is 10.2 Å². The Labute approximate surface area is 248 Å². The first-order valence-corrected chi connectivity index (χ1v) is 15.4. The van der Waals surface area contributed by atoms with Gasteiger partial charge in [-0.3, -0.25) is 9.59 Å². The Balaban J connectivity index is 2.52. The van der Waals surface area contributed by atoms with E-state index in [1.807, 2.05) is 6.26 Å². The van der Waals surface area contributed by atoms with Gasteiger partial charge in [0.25, 0.3) is 5.91 Å². The fourth-order valence-corrected chi connectivity index (χ4v) is 4.74. The first-order valence-electron chi connectivity index (χ1n) is 14.0. The Morgan fingerprint density at radius 2 is 1.71 bits per heavy atom. The largest absolute Gasteiger partial charge is 0.508 e. The monoisotopic (exact) mass is 587 g/mol. The van der Waals surface area contributed by atoms with E-state index in [-0.39, 0.29) is 12.3 Å². The Morgan fingerprint density at radius 3 is 2.29 bits per heavy atom. The molecule has 41 heavy (non-hydrogen) atoms. The van der Waals surface area contributed by atoms with E-state index >= 15 is 0 Å². The number of rotatable bonds is 15. The van der Waals surface area contributed by atoms with E-state index in [2.05, 4.69) is 17.6 Å². The highest BCUT2D eigenvalue weighted by atomic mass is 32.2. The van der Waals surface area contributed by atoms with Crippen LogP contribution in [0.4, 0.5) is 10.5 Å². The van der Waals surface area contributed by atoms with Crippen molar-refractivity contribution in [1.29, 1.82) is 0 Å². The molecule has 0 aliphatic carbocycles. The van der Waals surface area contributed by atoms with E-state index in [0.717, 1.165) is 19.3 Å². The summed E-state index contributed by atoms with van der Waals surface area (Å²) in [4.78, 5) is 42.4. The minimum absolute atomic E-state index is 0.102. The van der Waals surface area contributed by atoms with Crippen LogP contribution in [-0.4, -0.2) is 65.2 Å². The van der Waals surface area contributed by atoms with Crippen LogP contribution >= 0.6 is 11.8 Å². The number of ether oxygens (including phenoxy) is 2. The molecule has 2 unspecified atom stereocenters. The van der Waals surface area contributed by atoms with Crippen molar-refractivity contribution in [2.75, 3.05) is 31.0 Å². The third kappa shape index (κ3) is 11.2. The number of thioether (sulfide) groups is 1. The van der Waals surface area contributed by atoms with Crippen LogP contribution in [-0.2, 0) is 14.3 Å². The summed E-state index contributed by atoms with van der Waals surface area (Å²) in [5.74, 6) is 0.239. The van der Waals surface area contributed by atoms with Crippen LogP contribution in [0.1, 0.15) is 71.4 Å². The molecule has 0 spiro atoms. The first-order chi connectivity index (χ1) is 19.5. The number of nitrogens with zero attached hydrogens (tertiary/aromatic N) is 1. The quantitative estimate of drug-likeness (QED) is 0.214. The Hall–Kier alpha value is -3.40. The van der Waals surface area contributed by atoms with Gasteiger partial charge < -0.3 is 30.1 Å². The van der Waals surface area contributed by atoms with Crippen molar-refractivity contribution >= 4 is 35.4 Å². The minimum Gasteiger partial charge on any atom is -0.508 e. The number of alkyl carbamates (subject to hydrolysis) is 1. The fourth-order valence-electron chi connectivity index (χ4n) is 4.27. The molecule has 0 radical (unpaired) electrons. The summed E-state index contributed by atoms with van der Waals surface area (Å²) in [5, 5.41) is 16.5. The number of unbranched alkanes of at least 4 members (excludes halogenated alkanes) is 3. The lowest BCUT2D eigenvalue weighted by molar-refractivity contribution is -0.141. The van der Waals surface area contributed by atoms with Gasteiger partial charge in [-0.1, -0.05) is 44.4 Å². The Bertz CT molecular complexity index is 1120. The van der Waals surface area contributed by atoms with Gasteiger partial charge in [0.2, 0.25) is 5.91 Å². The predicted octanol–water partition coefficient (Wildman–Crippen LogP) is 6.14. The number of phenolic OH excluding ortho intramolecular Hbond substituents is 1. The molecular weight excluding hydrogens is 542 g/mol. The van der Waals surface area contributed by atoms with Crippen LogP contribution in [0.5, 0.6) is 11.5 Å². The maximum atomic E-state index is 14.2. The van der Waals surface area contributed by atoms with Crippen molar-refractivity contribution in [2.45, 2.75) is 77.5 Å². The van der Waals surface area contributed by atoms with Crippen LogP contribution < -0.4 is 15.4 Å². The van der Waals surface area contributed by atoms with E-state index in [1.54, 1.807) is 82.1 Å². The molecule has 2 atom stereocenters. The van der Waals surface area contributed by atoms with Crippen LogP contribution in [0.15, 0.2) is 48.5 Å². The molecule has 2 aromatic carbocycles. The summed E-state index contributed by atoms with van der Waals surface area (Å²) < 4.78 is 10.7. The average molecular weight is 588 g/mol. The number of carbonyl (C=O) groups is 3. The average Bonchev–Trinajstić information content (AvgIpc) is 2.92. The van der Waals surface area contributed by atoms with Gasteiger partial charge in [-0.05, 0) is 76.0 Å². The number of methoxy groups -OCH3 is 1. The van der Waals surface area contributed by atoms with Gasteiger partial charge in [0, 0.05) is 17.8 Å². The molecule has 10 heteroatoms. The minimum atomic E-state index is -1.15. The number of hydrogen-bond acceptors (Lipinski definition) is 7. The summed E-state index contributed by atoms with van der Waals surface area (Å²) in [6, 6.07) is 11.3. The standard InChI is InChI=1S/C31H45N3O6S/c1-7-8-9-12-20-34(29(37)25(19-21-41-6)33-30(38)40-31(2,3)4)27(24-13-10-11-14-26(24)35)28(36)32-22-15-17-23(39-5)18-16-22/h10-11,13-18,25,27,35H,7-9,12,19-21H2,1-6H3,(H,32,36)(H,33,38). The number of para-hydroxylation sites is 1. The normalized spacial score (nSPS) is 12.6. The number of anilines is 1. The number of hydrogen-bond donors (Lipinski definition) is 3. The summed E-state index contributed by atoms with van der Waals surface area (Å²) in [6.45, 7) is 7.62. The predicted molar refractivity (Wildman–Crippen MR) is 164 cm³/mol. The first kappa shape index (κ1) is 33.8. The van der Waals surface area contributed by atoms with Crippen LogP contribution in [0.3, 0.4) is 0 Å². The third-order valence-electron chi connectivity index (χ3n) is 6.28. The lowest BCUT2D eigenvalue weighted by atomic mass is 10.0. The van der Waals surface area contributed by atoms with E-state index < -0.39 is 35.6 Å². The molecule has 0 fully saturated rings. The van der Waals surface area contributed by atoms with Gasteiger partial charge in [-0.15, -0.1) is 0 Å². The second-order valence-corrected chi connectivity index (χ2v) is 11.7. The maximum absolute atomic E-state index is 14.2. The highest BCUT2D eigenvalue weighted by molar-refractivity contribution is 7.98. The van der Waals surface area contributed by atoms with Gasteiger partial charge in [0.05, 0.1) is 7.11 Å². The molecule has 3 N–H and O–H groups in total. The van der Waals surface area contributed by atoms with E-state index in [9.17, 15) is 19.5 Å². The molecule has 3 amide bonds. The molecular formula is C31H45N3O6S. The molecule has 0 aromatic heterocycles. The highest BCUT2D eigenvalue weighted by Gasteiger charge is 2.37. The fraction of sp³-hybridized carbons (Fsp3) is 0.516. The third-order valence-corrected chi connectivity index (χ3v) is 6.93. The van der Waals surface area contributed by atoms with Crippen molar-refractivity contribution < 1.29 is 29.0 Å². The van der Waals surface area contributed by atoms with Gasteiger partial charge in [0.1, 0.15) is 29.2 Å². The number of phenols is 1. The molecule has 226 valence electrons. The second-order valence-electron chi connectivity index (χ2n) is 10.8. The molecule has 9 nitrogen and oxygen atoms in total. The van der Waals surface area contributed by atoms with E-state index in [0.29, 0.717) is 35.6 Å². The van der Waals surface area contributed by atoms with Crippen molar-refractivity contribution in [3.63, 3.8) is 0 Å². The SMILES string of the molecule is CCCCCCN(C(=O)C(CCSC)NC(=O)OC(C)(C)C)C(C(=O)Nc1ccc(OC)cc1)c1ccccc1O. The van der Waals surface area contributed by atoms with Gasteiger partial charge in [-0.2, -0.15) is 11.8 Å². The summed E-state index contributed by atoms with van der Waals surface area (Å²) in [7, 11) is 1.56. The summed E-state index contributed by atoms with van der Waals surface area (Å²) >= 11 is 1.55. The molecule has 0 bridgehead atoms. The summed E-state index contributed by atoms with van der Waals surface area (Å²) in [6.07, 6.45) is 5.07. The second kappa shape index (κ2) is 16.8. The summed E-state index contributed by atoms with van der Waals surface area (Å²) in [5.41, 5.74) is 0.0665. The van der Waals surface area contributed by atoms with Gasteiger partial charge in [0.15, 0.2) is 0 Å². The van der Waals surface area contributed by atoms with Gasteiger partial charge in [-0.25, -0.2) is 4.79 Å². The van der Waals surface area contributed by atoms with E-state index in [1.165, 1.54) is 11.0 Å². The zero-order valence-corrected chi connectivity index (χ0v) is 25.9. The van der Waals surface area contributed by atoms with E-state index in [4.69, 9.17) is 9.47 Å². The molecule has 2 rings (SSSR count). The number of carbonyl (C=O) groups excluding carboxylic acids is 3. The van der Waals surface area contributed by atoms with Crippen LogP contribution in [0, 0.1) is 0 Å². The maximum Gasteiger partial charge on any atom is 0.408 e. The number of aromatic hydroxyl groups is 1. The van der Waals surface area contributed by atoms with Crippen molar-refractivity contribution in [3.05, 3.63) is 54.1 Å². The van der Waals surface area contributed by atoms with Crippen LogP contribution in [0.25, 0.3) is 0 Å². The molecule has 0 saturated heterocycles. The number of nitrogens with one attached hydrogen (secondary N) is 2. The Morgan fingerprint density at radius 1 is 1.02 bits per heavy atom.